The van der Waals surface area contributed by atoms with Crippen molar-refractivity contribution >= 4 is 23.4 Å². The number of nitrogens with one attached hydrogen (secondary N) is 2. The van der Waals surface area contributed by atoms with Crippen molar-refractivity contribution in [2.24, 2.45) is 0 Å². The molecule has 0 saturated carbocycles. The van der Waals surface area contributed by atoms with Gasteiger partial charge in [-0.3, -0.25) is 24.7 Å². The average molecular weight is 283 g/mol. The summed E-state index contributed by atoms with van der Waals surface area (Å²) in [5, 5.41) is 14.3. The molecule has 7 nitrogen and oxygen atoms in total. The third kappa shape index (κ3) is 2.20. The van der Waals surface area contributed by atoms with E-state index in [-0.39, 0.29) is 22.4 Å². The van der Waals surface area contributed by atoms with Gasteiger partial charge >= 0.3 is 0 Å². The number of hydrogen-bond acceptors (Lipinski definition) is 5. The highest BCUT2D eigenvalue weighted by atomic mass is 16.3. The molecule has 0 bridgehead atoms. The lowest BCUT2D eigenvalue weighted by Crippen LogP contribution is -2.19. The predicted molar refractivity (Wildman–Crippen MR) is 72.1 cm³/mol. The molecular formula is C14H9N3O4. The van der Waals surface area contributed by atoms with Gasteiger partial charge in [0.2, 0.25) is 0 Å². The summed E-state index contributed by atoms with van der Waals surface area (Å²) in [4.78, 5) is 38.7. The van der Waals surface area contributed by atoms with Crippen molar-refractivity contribution in [2.45, 2.75) is 0 Å². The van der Waals surface area contributed by atoms with Crippen LogP contribution in [0.4, 0.5) is 5.69 Å². The molecule has 1 aliphatic rings. The Balaban J connectivity index is 1.88. The number of carbonyl (C=O) groups is 3. The Morgan fingerprint density at radius 2 is 1.90 bits per heavy atom. The lowest BCUT2D eigenvalue weighted by Gasteiger charge is -2.07. The van der Waals surface area contributed by atoms with Crippen molar-refractivity contribution in [3.63, 3.8) is 0 Å². The minimum Gasteiger partial charge on any atom is -0.505 e. The van der Waals surface area contributed by atoms with Gasteiger partial charge in [-0.25, -0.2) is 0 Å². The number of benzene rings is 1. The number of rotatable bonds is 2. The first-order valence-corrected chi connectivity index (χ1v) is 6.00. The number of imide groups is 1. The lowest BCUT2D eigenvalue weighted by molar-refractivity contribution is 0.0878. The smallest absolute Gasteiger partial charge is 0.259 e. The maximum absolute atomic E-state index is 12.0. The van der Waals surface area contributed by atoms with E-state index in [1.54, 1.807) is 0 Å². The van der Waals surface area contributed by atoms with E-state index in [9.17, 15) is 19.5 Å². The first kappa shape index (κ1) is 12.8. The van der Waals surface area contributed by atoms with Gasteiger partial charge in [0, 0.05) is 11.9 Å². The molecule has 0 atom stereocenters. The lowest BCUT2D eigenvalue weighted by atomic mass is 10.1. The Hall–Kier alpha value is -3.22. The molecule has 3 rings (SSSR count). The van der Waals surface area contributed by atoms with Crippen molar-refractivity contribution in [1.82, 2.24) is 10.3 Å². The van der Waals surface area contributed by atoms with Crippen LogP contribution in [0.25, 0.3) is 0 Å². The van der Waals surface area contributed by atoms with Gasteiger partial charge < -0.3 is 10.4 Å². The van der Waals surface area contributed by atoms with E-state index in [4.69, 9.17) is 0 Å². The van der Waals surface area contributed by atoms with E-state index in [1.807, 2.05) is 0 Å². The summed E-state index contributed by atoms with van der Waals surface area (Å²) < 4.78 is 0. The molecule has 104 valence electrons. The molecule has 1 aliphatic heterocycles. The predicted octanol–water partition coefficient (Wildman–Crippen LogP) is 0.923. The average Bonchev–Trinajstić information content (AvgIpc) is 2.74. The second-order valence-electron chi connectivity index (χ2n) is 4.39. The normalized spacial score (nSPS) is 12.8. The number of pyridine rings is 1. The first-order chi connectivity index (χ1) is 10.1. The number of fused-ring (bicyclic) bond motifs is 1. The Morgan fingerprint density at radius 3 is 2.67 bits per heavy atom. The molecule has 2 aromatic rings. The SMILES string of the molecule is O=C(Nc1ccc2c(c1)C(=O)NC2=O)c1ccncc1O. The fourth-order valence-electron chi connectivity index (χ4n) is 2.02. The van der Waals surface area contributed by atoms with Crippen LogP contribution in [0, 0.1) is 0 Å². The Kier molecular flexibility index (Phi) is 2.87. The number of amides is 3. The zero-order chi connectivity index (χ0) is 15.0. The van der Waals surface area contributed by atoms with Crippen LogP contribution in [0.1, 0.15) is 31.1 Å². The van der Waals surface area contributed by atoms with Crippen molar-refractivity contribution in [2.75, 3.05) is 5.32 Å². The standard InChI is InChI=1S/C14H9N3O4/c18-11-6-15-4-3-9(11)13(20)16-7-1-2-8-10(5-7)14(21)17-12(8)19/h1-6,18H,(H,16,20)(H,17,19,21). The molecule has 21 heavy (non-hydrogen) atoms. The maximum Gasteiger partial charge on any atom is 0.259 e. The third-order valence-electron chi connectivity index (χ3n) is 3.04. The number of hydrogen-bond donors (Lipinski definition) is 3. The fourth-order valence-corrected chi connectivity index (χ4v) is 2.02. The molecular weight excluding hydrogens is 274 g/mol. The first-order valence-electron chi connectivity index (χ1n) is 6.00. The summed E-state index contributed by atoms with van der Waals surface area (Å²) in [7, 11) is 0. The quantitative estimate of drug-likeness (QED) is 0.710. The summed E-state index contributed by atoms with van der Waals surface area (Å²) in [6.45, 7) is 0. The Bertz CT molecular complexity index is 786. The molecule has 1 aromatic carbocycles. The monoisotopic (exact) mass is 283 g/mol. The maximum atomic E-state index is 12.0. The summed E-state index contributed by atoms with van der Waals surface area (Å²) >= 11 is 0. The van der Waals surface area contributed by atoms with Crippen LogP contribution >= 0.6 is 0 Å². The molecule has 0 unspecified atom stereocenters. The molecule has 0 aliphatic carbocycles. The number of aromatic nitrogens is 1. The fraction of sp³-hybridized carbons (Fsp3) is 0. The van der Waals surface area contributed by atoms with Gasteiger partial charge in [0.05, 0.1) is 22.9 Å². The van der Waals surface area contributed by atoms with Crippen LogP contribution in [0.5, 0.6) is 5.75 Å². The van der Waals surface area contributed by atoms with Gasteiger partial charge in [0.25, 0.3) is 17.7 Å². The van der Waals surface area contributed by atoms with Gasteiger partial charge in [0.1, 0.15) is 5.75 Å². The number of aromatic hydroxyl groups is 1. The number of carbonyl (C=O) groups excluding carboxylic acids is 3. The van der Waals surface area contributed by atoms with E-state index in [0.717, 1.165) is 6.20 Å². The molecule has 7 heteroatoms. The van der Waals surface area contributed by atoms with Crippen LogP contribution in [0.3, 0.4) is 0 Å². The second-order valence-corrected chi connectivity index (χ2v) is 4.39. The molecule has 0 spiro atoms. The molecule has 0 radical (unpaired) electrons. The van der Waals surface area contributed by atoms with Gasteiger partial charge in [-0.1, -0.05) is 0 Å². The van der Waals surface area contributed by atoms with E-state index in [0.29, 0.717) is 5.69 Å². The zero-order valence-electron chi connectivity index (χ0n) is 10.6. The van der Waals surface area contributed by atoms with Gasteiger partial charge in [-0.05, 0) is 24.3 Å². The summed E-state index contributed by atoms with van der Waals surface area (Å²) in [6, 6.07) is 5.74. The van der Waals surface area contributed by atoms with Crippen molar-refractivity contribution in [3.8, 4) is 5.75 Å². The summed E-state index contributed by atoms with van der Waals surface area (Å²) in [5.41, 5.74) is 0.882. The summed E-state index contributed by atoms with van der Waals surface area (Å²) in [6.07, 6.45) is 2.53. The highest BCUT2D eigenvalue weighted by Gasteiger charge is 2.26. The van der Waals surface area contributed by atoms with Crippen LogP contribution < -0.4 is 10.6 Å². The molecule has 0 fully saturated rings. The van der Waals surface area contributed by atoms with Gasteiger partial charge in [0.15, 0.2) is 0 Å². The van der Waals surface area contributed by atoms with Crippen LogP contribution in [-0.4, -0.2) is 27.8 Å². The van der Waals surface area contributed by atoms with E-state index < -0.39 is 17.7 Å². The van der Waals surface area contributed by atoms with Crippen LogP contribution in [0.15, 0.2) is 36.7 Å². The largest absolute Gasteiger partial charge is 0.505 e. The third-order valence-corrected chi connectivity index (χ3v) is 3.04. The molecule has 3 N–H and O–H groups in total. The van der Waals surface area contributed by atoms with Crippen LogP contribution in [-0.2, 0) is 0 Å². The summed E-state index contributed by atoms with van der Waals surface area (Å²) in [5.74, 6) is -1.75. The minimum atomic E-state index is -0.542. The highest BCUT2D eigenvalue weighted by Crippen LogP contribution is 2.22. The Morgan fingerprint density at radius 1 is 1.14 bits per heavy atom. The topological polar surface area (TPSA) is 108 Å². The molecule has 3 amide bonds. The van der Waals surface area contributed by atoms with E-state index in [2.05, 4.69) is 15.6 Å². The zero-order valence-corrected chi connectivity index (χ0v) is 10.6. The molecule has 1 aromatic heterocycles. The van der Waals surface area contributed by atoms with E-state index in [1.165, 1.54) is 30.5 Å². The van der Waals surface area contributed by atoms with Crippen molar-refractivity contribution < 1.29 is 19.5 Å². The van der Waals surface area contributed by atoms with Crippen LogP contribution in [0.2, 0.25) is 0 Å². The highest BCUT2D eigenvalue weighted by molar-refractivity contribution is 6.22. The van der Waals surface area contributed by atoms with E-state index >= 15 is 0 Å². The second kappa shape index (κ2) is 4.71. The minimum absolute atomic E-state index is 0.0611. The van der Waals surface area contributed by atoms with Gasteiger partial charge in [-0.2, -0.15) is 0 Å². The van der Waals surface area contributed by atoms with Crippen molar-refractivity contribution in [1.29, 1.82) is 0 Å². The molecule has 2 heterocycles. The number of anilines is 1. The number of nitrogens with zero attached hydrogens (tertiary/aromatic N) is 1. The van der Waals surface area contributed by atoms with Gasteiger partial charge in [-0.15, -0.1) is 0 Å². The molecule has 0 saturated heterocycles. The Labute approximate surface area is 118 Å². The van der Waals surface area contributed by atoms with Crippen molar-refractivity contribution in [3.05, 3.63) is 53.3 Å².